The summed E-state index contributed by atoms with van der Waals surface area (Å²) >= 11 is 1.17. The molecule has 2 aromatic carbocycles. The maximum absolute atomic E-state index is 13.7. The topological polar surface area (TPSA) is 70.6 Å². The van der Waals surface area contributed by atoms with E-state index in [0.29, 0.717) is 11.6 Å². The Balaban J connectivity index is 1.28. The summed E-state index contributed by atoms with van der Waals surface area (Å²) in [6.07, 6.45) is 0. The number of rotatable bonds is 8. The number of anilines is 3. The molecule has 1 N–H and O–H groups in total. The lowest BCUT2D eigenvalue weighted by atomic mass is 10.2. The van der Waals surface area contributed by atoms with Crippen LogP contribution in [0.4, 0.5) is 26.0 Å². The molecule has 0 radical (unpaired) electrons. The van der Waals surface area contributed by atoms with Gasteiger partial charge in [-0.1, -0.05) is 23.9 Å². The van der Waals surface area contributed by atoms with Crippen LogP contribution in [-0.4, -0.2) is 54.6 Å². The van der Waals surface area contributed by atoms with E-state index in [4.69, 9.17) is 4.74 Å². The van der Waals surface area contributed by atoms with Crippen molar-refractivity contribution in [2.75, 3.05) is 53.7 Å². The number of carbonyl (C=O) groups is 1. The minimum atomic E-state index is -0.689. The number of aromatic nitrogens is 2. The zero-order valence-corrected chi connectivity index (χ0v) is 19.5. The molecule has 34 heavy (non-hydrogen) atoms. The minimum Gasteiger partial charge on any atom is -0.492 e. The maximum atomic E-state index is 13.7. The second-order valence-corrected chi connectivity index (χ2v) is 8.56. The predicted octanol–water partition coefficient (Wildman–Crippen LogP) is 4.21. The van der Waals surface area contributed by atoms with E-state index in [2.05, 4.69) is 31.4 Å². The van der Waals surface area contributed by atoms with Gasteiger partial charge < -0.3 is 19.9 Å². The Morgan fingerprint density at radius 3 is 2.53 bits per heavy atom. The Morgan fingerprint density at radius 2 is 1.79 bits per heavy atom. The normalized spacial score (nSPS) is 13.6. The molecule has 1 saturated heterocycles. The summed E-state index contributed by atoms with van der Waals surface area (Å²) in [5.74, 6) is -0.0986. The number of nitrogens with zero attached hydrogens (tertiary/aromatic N) is 4. The van der Waals surface area contributed by atoms with Gasteiger partial charge in [-0.2, -0.15) is 0 Å². The van der Waals surface area contributed by atoms with E-state index in [-0.39, 0.29) is 11.4 Å². The largest absolute Gasteiger partial charge is 0.492 e. The van der Waals surface area contributed by atoms with Gasteiger partial charge in [0.25, 0.3) is 0 Å². The second-order valence-electron chi connectivity index (χ2n) is 7.57. The summed E-state index contributed by atoms with van der Waals surface area (Å²) in [4.78, 5) is 16.6. The number of carbonyl (C=O) groups excluding carboxylic acids is 1. The number of nitrogens with one attached hydrogen (secondary N) is 1. The molecule has 0 bridgehead atoms. The first kappa shape index (κ1) is 23.7. The fourth-order valence-electron chi connectivity index (χ4n) is 3.65. The summed E-state index contributed by atoms with van der Waals surface area (Å²) in [6, 6.07) is 14.7. The van der Waals surface area contributed by atoms with Crippen molar-refractivity contribution in [1.82, 2.24) is 10.2 Å². The maximum Gasteiger partial charge on any atom is 0.234 e. The van der Waals surface area contributed by atoms with Crippen LogP contribution in [0.25, 0.3) is 0 Å². The van der Waals surface area contributed by atoms with Gasteiger partial charge in [0.1, 0.15) is 22.4 Å². The molecule has 1 aliphatic rings. The summed E-state index contributed by atoms with van der Waals surface area (Å²) in [5, 5.41) is 11.5. The standard InChI is InChI=1S/C24H25F2N5O2S/c1-2-33-21-6-4-3-5-20(21)30-11-13-31(14-12-30)22-9-10-24(29-28-22)34-16-23(32)27-19-15-17(25)7-8-18(19)26/h3-10,15H,2,11-14,16H2,1H3,(H,27,32). The Labute approximate surface area is 201 Å². The number of thioether (sulfide) groups is 1. The van der Waals surface area contributed by atoms with Crippen molar-refractivity contribution in [3.05, 3.63) is 66.2 Å². The molecular weight excluding hydrogens is 460 g/mol. The first-order valence-corrected chi connectivity index (χ1v) is 11.9. The Morgan fingerprint density at radius 1 is 1.03 bits per heavy atom. The van der Waals surface area contributed by atoms with Gasteiger partial charge in [0, 0.05) is 32.2 Å². The Hall–Kier alpha value is -3.40. The number of piperazine rings is 1. The van der Waals surface area contributed by atoms with Crippen molar-refractivity contribution in [2.24, 2.45) is 0 Å². The quantitative estimate of drug-likeness (QED) is 0.479. The predicted molar refractivity (Wildman–Crippen MR) is 130 cm³/mol. The number of hydrogen-bond donors (Lipinski definition) is 1. The molecule has 178 valence electrons. The van der Waals surface area contributed by atoms with E-state index in [1.165, 1.54) is 11.8 Å². The monoisotopic (exact) mass is 485 g/mol. The molecule has 0 spiro atoms. The van der Waals surface area contributed by atoms with Crippen molar-refractivity contribution in [1.29, 1.82) is 0 Å². The molecule has 0 aliphatic carbocycles. The van der Waals surface area contributed by atoms with Gasteiger partial charge in [0.15, 0.2) is 5.82 Å². The Bertz CT molecular complexity index is 1120. The molecule has 1 aliphatic heterocycles. The number of benzene rings is 2. The van der Waals surface area contributed by atoms with Crippen LogP contribution in [-0.2, 0) is 4.79 Å². The van der Waals surface area contributed by atoms with Gasteiger partial charge in [0.05, 0.1) is 23.7 Å². The highest BCUT2D eigenvalue weighted by atomic mass is 32.2. The Kier molecular flexibility index (Phi) is 7.79. The zero-order chi connectivity index (χ0) is 23.9. The average molecular weight is 486 g/mol. The molecule has 2 heterocycles. The average Bonchev–Trinajstić information content (AvgIpc) is 2.86. The van der Waals surface area contributed by atoms with Gasteiger partial charge in [-0.15, -0.1) is 10.2 Å². The smallest absolute Gasteiger partial charge is 0.234 e. The van der Waals surface area contributed by atoms with E-state index in [0.717, 1.165) is 61.6 Å². The van der Waals surface area contributed by atoms with E-state index in [1.54, 1.807) is 6.07 Å². The molecule has 1 amide bonds. The third-order valence-electron chi connectivity index (χ3n) is 5.29. The lowest BCUT2D eigenvalue weighted by Gasteiger charge is -2.37. The number of halogens is 2. The lowest BCUT2D eigenvalue weighted by Crippen LogP contribution is -2.47. The molecule has 0 saturated carbocycles. The first-order chi connectivity index (χ1) is 16.5. The van der Waals surface area contributed by atoms with Crippen molar-refractivity contribution >= 4 is 34.9 Å². The van der Waals surface area contributed by atoms with Crippen LogP contribution in [0.3, 0.4) is 0 Å². The molecule has 1 fully saturated rings. The van der Waals surface area contributed by atoms with Gasteiger partial charge in [0.2, 0.25) is 5.91 Å². The summed E-state index contributed by atoms with van der Waals surface area (Å²) in [7, 11) is 0. The number of hydrogen-bond acceptors (Lipinski definition) is 7. The van der Waals surface area contributed by atoms with Crippen LogP contribution in [0.15, 0.2) is 59.6 Å². The first-order valence-electron chi connectivity index (χ1n) is 11.0. The highest BCUT2D eigenvalue weighted by Crippen LogP contribution is 2.29. The third-order valence-corrected chi connectivity index (χ3v) is 6.21. The fraction of sp³-hybridized carbons (Fsp3) is 0.292. The van der Waals surface area contributed by atoms with Crippen molar-refractivity contribution < 1.29 is 18.3 Å². The molecule has 0 atom stereocenters. The molecule has 0 unspecified atom stereocenters. The van der Waals surface area contributed by atoms with Crippen LogP contribution >= 0.6 is 11.8 Å². The van der Waals surface area contributed by atoms with Crippen molar-refractivity contribution in [3.8, 4) is 5.75 Å². The van der Waals surface area contributed by atoms with Gasteiger partial charge >= 0.3 is 0 Å². The SMILES string of the molecule is CCOc1ccccc1N1CCN(c2ccc(SCC(=O)Nc3cc(F)ccc3F)nn2)CC1. The summed E-state index contributed by atoms with van der Waals surface area (Å²) in [5.41, 5.74) is 0.910. The molecule has 3 aromatic rings. The summed E-state index contributed by atoms with van der Waals surface area (Å²) < 4.78 is 32.7. The molecule has 1 aromatic heterocycles. The minimum absolute atomic E-state index is 0.00188. The molecular formula is C24H25F2N5O2S. The highest BCUT2D eigenvalue weighted by molar-refractivity contribution is 7.99. The van der Waals surface area contributed by atoms with Crippen LogP contribution in [0.5, 0.6) is 5.75 Å². The van der Waals surface area contributed by atoms with E-state index in [1.807, 2.05) is 31.2 Å². The summed E-state index contributed by atoms with van der Waals surface area (Å²) in [6.45, 7) is 5.86. The highest BCUT2D eigenvalue weighted by Gasteiger charge is 2.21. The fourth-order valence-corrected chi connectivity index (χ4v) is 4.26. The third kappa shape index (κ3) is 5.93. The molecule has 10 heteroatoms. The van der Waals surface area contributed by atoms with Crippen molar-refractivity contribution in [2.45, 2.75) is 11.9 Å². The van der Waals surface area contributed by atoms with E-state index in [9.17, 15) is 13.6 Å². The van der Waals surface area contributed by atoms with Crippen molar-refractivity contribution in [3.63, 3.8) is 0 Å². The number of para-hydroxylation sites is 2. The van der Waals surface area contributed by atoms with Crippen LogP contribution < -0.4 is 19.9 Å². The lowest BCUT2D eigenvalue weighted by molar-refractivity contribution is -0.113. The zero-order valence-electron chi connectivity index (χ0n) is 18.7. The van der Waals surface area contributed by atoms with Gasteiger partial charge in [-0.25, -0.2) is 8.78 Å². The van der Waals surface area contributed by atoms with Crippen LogP contribution in [0, 0.1) is 11.6 Å². The molecule has 4 rings (SSSR count). The number of ether oxygens (including phenoxy) is 1. The van der Waals surface area contributed by atoms with Crippen LogP contribution in [0.1, 0.15) is 6.92 Å². The van der Waals surface area contributed by atoms with Gasteiger partial charge in [-0.05, 0) is 43.3 Å². The number of amides is 1. The molecule has 7 nitrogen and oxygen atoms in total. The second kappa shape index (κ2) is 11.1. The van der Waals surface area contributed by atoms with Crippen LogP contribution in [0.2, 0.25) is 0 Å². The van der Waals surface area contributed by atoms with Gasteiger partial charge in [-0.3, -0.25) is 4.79 Å². The van der Waals surface area contributed by atoms with E-state index >= 15 is 0 Å². The van der Waals surface area contributed by atoms with E-state index < -0.39 is 17.5 Å².